The SMILES string of the molecule is Cn1cc(CCNCCCCC(C)(C)/C(N)=N/O)cn1. The second-order valence-corrected chi connectivity index (χ2v) is 5.85. The van der Waals surface area contributed by atoms with Crippen LogP contribution in [0.3, 0.4) is 0 Å². The molecule has 0 unspecified atom stereocenters. The number of aryl methyl sites for hydroxylation is 1. The summed E-state index contributed by atoms with van der Waals surface area (Å²) in [6.45, 7) is 5.96. The summed E-state index contributed by atoms with van der Waals surface area (Å²) >= 11 is 0. The third kappa shape index (κ3) is 5.61. The Balaban J connectivity index is 2.05. The van der Waals surface area contributed by atoms with Gasteiger partial charge in [0.05, 0.1) is 6.20 Å². The molecule has 0 amide bonds. The lowest BCUT2D eigenvalue weighted by Crippen LogP contribution is -2.32. The summed E-state index contributed by atoms with van der Waals surface area (Å²) in [5.41, 5.74) is 6.68. The molecule has 20 heavy (non-hydrogen) atoms. The number of hydrogen-bond donors (Lipinski definition) is 3. The molecule has 0 radical (unpaired) electrons. The van der Waals surface area contributed by atoms with Crippen molar-refractivity contribution in [2.75, 3.05) is 13.1 Å². The monoisotopic (exact) mass is 281 g/mol. The van der Waals surface area contributed by atoms with Crippen LogP contribution in [0.4, 0.5) is 0 Å². The molecule has 0 saturated carbocycles. The molecule has 0 bridgehead atoms. The normalized spacial score (nSPS) is 12.8. The van der Waals surface area contributed by atoms with Crippen LogP contribution in [-0.4, -0.2) is 33.9 Å². The van der Waals surface area contributed by atoms with E-state index in [0.29, 0.717) is 5.84 Å². The third-order valence-electron chi connectivity index (χ3n) is 3.56. The Morgan fingerprint density at radius 3 is 2.80 bits per heavy atom. The Labute approximate surface area is 121 Å². The van der Waals surface area contributed by atoms with Crippen LogP contribution in [-0.2, 0) is 13.5 Å². The number of nitrogens with zero attached hydrogens (tertiary/aromatic N) is 3. The number of rotatable bonds is 9. The number of nitrogens with one attached hydrogen (secondary N) is 1. The van der Waals surface area contributed by atoms with Crippen molar-refractivity contribution in [1.29, 1.82) is 0 Å². The number of amidine groups is 1. The van der Waals surface area contributed by atoms with E-state index in [1.54, 1.807) is 0 Å². The summed E-state index contributed by atoms with van der Waals surface area (Å²) in [6, 6.07) is 0. The molecule has 1 rings (SSSR count). The summed E-state index contributed by atoms with van der Waals surface area (Å²) in [7, 11) is 1.93. The first-order valence-electron chi connectivity index (χ1n) is 7.12. The number of nitrogens with two attached hydrogens (primary N) is 1. The molecule has 114 valence electrons. The zero-order valence-electron chi connectivity index (χ0n) is 12.8. The lowest BCUT2D eigenvalue weighted by Gasteiger charge is -2.22. The molecule has 0 aliphatic carbocycles. The molecular formula is C14H27N5O. The van der Waals surface area contributed by atoms with E-state index in [9.17, 15) is 0 Å². The summed E-state index contributed by atoms with van der Waals surface area (Å²) < 4.78 is 1.82. The van der Waals surface area contributed by atoms with Crippen LogP contribution >= 0.6 is 0 Å². The van der Waals surface area contributed by atoms with Gasteiger partial charge in [0.15, 0.2) is 0 Å². The summed E-state index contributed by atoms with van der Waals surface area (Å²) in [4.78, 5) is 0. The van der Waals surface area contributed by atoms with Gasteiger partial charge in [-0.25, -0.2) is 0 Å². The molecule has 1 aromatic rings. The van der Waals surface area contributed by atoms with Gasteiger partial charge in [-0.15, -0.1) is 0 Å². The van der Waals surface area contributed by atoms with Gasteiger partial charge in [0.1, 0.15) is 5.84 Å². The lowest BCUT2D eigenvalue weighted by molar-refractivity contribution is 0.304. The van der Waals surface area contributed by atoms with E-state index in [-0.39, 0.29) is 5.41 Å². The second-order valence-electron chi connectivity index (χ2n) is 5.85. The average molecular weight is 281 g/mol. The van der Waals surface area contributed by atoms with E-state index in [1.807, 2.05) is 38.0 Å². The van der Waals surface area contributed by atoms with E-state index in [2.05, 4.69) is 15.6 Å². The maximum absolute atomic E-state index is 8.70. The van der Waals surface area contributed by atoms with Crippen molar-refractivity contribution in [3.63, 3.8) is 0 Å². The molecule has 0 spiro atoms. The Morgan fingerprint density at radius 2 is 2.20 bits per heavy atom. The van der Waals surface area contributed by atoms with Crippen LogP contribution in [0.2, 0.25) is 0 Å². The van der Waals surface area contributed by atoms with Gasteiger partial charge in [-0.1, -0.05) is 25.4 Å². The van der Waals surface area contributed by atoms with E-state index in [0.717, 1.165) is 38.8 Å². The largest absolute Gasteiger partial charge is 0.409 e. The minimum atomic E-state index is -0.232. The lowest BCUT2D eigenvalue weighted by atomic mass is 9.86. The predicted octanol–water partition coefficient (Wildman–Crippen LogP) is 1.50. The van der Waals surface area contributed by atoms with E-state index in [1.165, 1.54) is 5.56 Å². The molecule has 0 aliphatic rings. The molecule has 0 aliphatic heterocycles. The van der Waals surface area contributed by atoms with Crippen LogP contribution in [0.15, 0.2) is 17.5 Å². The van der Waals surface area contributed by atoms with Crippen molar-refractivity contribution in [3.8, 4) is 0 Å². The highest BCUT2D eigenvalue weighted by molar-refractivity contribution is 5.85. The van der Waals surface area contributed by atoms with Crippen molar-refractivity contribution in [2.45, 2.75) is 39.5 Å². The highest BCUT2D eigenvalue weighted by atomic mass is 16.4. The maximum atomic E-state index is 8.70. The number of aromatic nitrogens is 2. The highest BCUT2D eigenvalue weighted by Gasteiger charge is 2.22. The molecule has 6 nitrogen and oxygen atoms in total. The first-order valence-corrected chi connectivity index (χ1v) is 7.12. The van der Waals surface area contributed by atoms with Gasteiger partial charge in [0, 0.05) is 18.7 Å². The average Bonchev–Trinajstić information content (AvgIpc) is 2.82. The van der Waals surface area contributed by atoms with Gasteiger partial charge < -0.3 is 16.3 Å². The summed E-state index contributed by atoms with van der Waals surface area (Å²) in [5.74, 6) is 0.307. The first-order chi connectivity index (χ1) is 9.45. The maximum Gasteiger partial charge on any atom is 0.144 e. The van der Waals surface area contributed by atoms with Gasteiger partial charge in [0.2, 0.25) is 0 Å². The van der Waals surface area contributed by atoms with Crippen LogP contribution in [0.25, 0.3) is 0 Å². The number of unbranched alkanes of at least 4 members (excludes halogenated alkanes) is 1. The standard InChI is InChI=1S/C14H27N5O/c1-14(2,13(15)18-20)7-4-5-8-16-9-6-12-10-17-19(3)11-12/h10-11,16,20H,4-9H2,1-3H3,(H2,15,18). The Hall–Kier alpha value is -1.56. The quantitative estimate of drug-likeness (QED) is 0.210. The molecular weight excluding hydrogens is 254 g/mol. The molecule has 0 atom stereocenters. The van der Waals surface area contributed by atoms with Crippen molar-refractivity contribution >= 4 is 5.84 Å². The van der Waals surface area contributed by atoms with E-state index in [4.69, 9.17) is 10.9 Å². The zero-order chi connectivity index (χ0) is 15.0. The molecule has 0 fully saturated rings. The molecule has 0 aromatic carbocycles. The van der Waals surface area contributed by atoms with E-state index >= 15 is 0 Å². The molecule has 0 saturated heterocycles. The smallest absolute Gasteiger partial charge is 0.144 e. The zero-order valence-corrected chi connectivity index (χ0v) is 12.8. The highest BCUT2D eigenvalue weighted by Crippen LogP contribution is 2.22. The minimum Gasteiger partial charge on any atom is -0.409 e. The molecule has 4 N–H and O–H groups in total. The number of oxime groups is 1. The van der Waals surface area contributed by atoms with Crippen molar-refractivity contribution in [1.82, 2.24) is 15.1 Å². The Bertz CT molecular complexity index is 425. The van der Waals surface area contributed by atoms with Crippen molar-refractivity contribution in [3.05, 3.63) is 18.0 Å². The second kappa shape index (κ2) is 7.89. The van der Waals surface area contributed by atoms with E-state index < -0.39 is 0 Å². The molecule has 1 heterocycles. The van der Waals surface area contributed by atoms with Gasteiger partial charge >= 0.3 is 0 Å². The Morgan fingerprint density at radius 1 is 1.45 bits per heavy atom. The predicted molar refractivity (Wildman–Crippen MR) is 80.8 cm³/mol. The van der Waals surface area contributed by atoms with Crippen LogP contribution in [0, 0.1) is 5.41 Å². The first kappa shape index (κ1) is 16.5. The molecule has 6 heteroatoms. The van der Waals surface area contributed by atoms with Crippen LogP contribution in [0.5, 0.6) is 0 Å². The topological polar surface area (TPSA) is 88.5 Å². The minimum absolute atomic E-state index is 0.232. The van der Waals surface area contributed by atoms with Crippen LogP contribution in [0.1, 0.15) is 38.7 Å². The van der Waals surface area contributed by atoms with Crippen molar-refractivity contribution in [2.24, 2.45) is 23.4 Å². The van der Waals surface area contributed by atoms with Gasteiger partial charge in [0.25, 0.3) is 0 Å². The van der Waals surface area contributed by atoms with Gasteiger partial charge in [-0.2, -0.15) is 5.10 Å². The van der Waals surface area contributed by atoms with Gasteiger partial charge in [-0.05, 0) is 37.9 Å². The summed E-state index contributed by atoms with van der Waals surface area (Å²) in [5, 5.41) is 19.4. The fourth-order valence-electron chi connectivity index (χ4n) is 2.04. The molecule has 1 aromatic heterocycles. The van der Waals surface area contributed by atoms with Crippen LogP contribution < -0.4 is 11.1 Å². The number of hydrogen-bond acceptors (Lipinski definition) is 4. The van der Waals surface area contributed by atoms with Gasteiger partial charge in [-0.3, -0.25) is 4.68 Å². The fraction of sp³-hybridized carbons (Fsp3) is 0.714. The third-order valence-corrected chi connectivity index (χ3v) is 3.56. The Kier molecular flexibility index (Phi) is 6.51. The van der Waals surface area contributed by atoms with Crippen molar-refractivity contribution < 1.29 is 5.21 Å². The fourth-order valence-corrected chi connectivity index (χ4v) is 2.04. The summed E-state index contributed by atoms with van der Waals surface area (Å²) in [6.07, 6.45) is 8.03.